The fourth-order valence-corrected chi connectivity index (χ4v) is 4.29. The van der Waals surface area contributed by atoms with Crippen LogP contribution < -0.4 is 10.6 Å². The van der Waals surface area contributed by atoms with Gasteiger partial charge in [0.25, 0.3) is 5.91 Å². The molecule has 13 nitrogen and oxygen atoms in total. The van der Waals surface area contributed by atoms with Gasteiger partial charge in [0.05, 0.1) is 11.3 Å². The number of carboxylic acids is 1. The van der Waals surface area contributed by atoms with Gasteiger partial charge < -0.3 is 25.6 Å². The number of halogens is 4. The number of alkyl carbamates (subject to hydrolysis) is 1. The summed E-state index contributed by atoms with van der Waals surface area (Å²) in [6.45, 7) is 3.72. The molecule has 4 rings (SSSR count). The summed E-state index contributed by atoms with van der Waals surface area (Å²) in [5.74, 6) is -4.12. The van der Waals surface area contributed by atoms with E-state index in [2.05, 4.69) is 25.9 Å². The highest BCUT2D eigenvalue weighted by Crippen LogP contribution is 2.36. The van der Waals surface area contributed by atoms with Crippen LogP contribution in [0, 0.1) is 5.82 Å². The highest BCUT2D eigenvalue weighted by Gasteiger charge is 2.38. The van der Waals surface area contributed by atoms with Gasteiger partial charge in [-0.15, -0.1) is 0 Å². The number of aromatic nitrogens is 4. The summed E-state index contributed by atoms with van der Waals surface area (Å²) >= 11 is 0. The van der Waals surface area contributed by atoms with Gasteiger partial charge in [-0.2, -0.15) is 23.4 Å². The minimum absolute atomic E-state index is 0.00272. The number of H-pyrrole nitrogens is 1. The number of nitrogens with one attached hydrogen (secondary N) is 3. The first-order valence-electron chi connectivity index (χ1n) is 12.7. The van der Waals surface area contributed by atoms with E-state index in [4.69, 9.17) is 14.6 Å². The van der Waals surface area contributed by atoms with Gasteiger partial charge in [0.15, 0.2) is 12.1 Å². The largest absolute Gasteiger partial charge is 0.507 e. The Balaban J connectivity index is 0.000000646. The first-order valence-corrected chi connectivity index (χ1v) is 12.7. The predicted octanol–water partition coefficient (Wildman–Crippen LogP) is 4.12. The molecule has 0 spiro atoms. The van der Waals surface area contributed by atoms with Crippen molar-refractivity contribution >= 4 is 30.1 Å². The molecule has 2 atom stereocenters. The Hall–Kier alpha value is -4.96. The van der Waals surface area contributed by atoms with Gasteiger partial charge in [0, 0.05) is 42.4 Å². The van der Waals surface area contributed by atoms with E-state index in [-0.39, 0.29) is 40.6 Å². The van der Waals surface area contributed by atoms with E-state index in [0.29, 0.717) is 18.5 Å². The number of aromatic amines is 1. The van der Waals surface area contributed by atoms with Crippen LogP contribution >= 0.6 is 0 Å². The number of ether oxygens (including phenoxy) is 1. The molecule has 1 aliphatic rings. The van der Waals surface area contributed by atoms with Gasteiger partial charge in [0.1, 0.15) is 23.4 Å². The normalized spacial score (nSPS) is 16.3. The number of benzene rings is 1. The molecular formula is C26H28F4N6O7. The fourth-order valence-electron chi connectivity index (χ4n) is 4.29. The zero-order chi connectivity index (χ0) is 32.1. The molecule has 43 heavy (non-hydrogen) atoms. The lowest BCUT2D eigenvalue weighted by Gasteiger charge is -2.14. The van der Waals surface area contributed by atoms with E-state index in [9.17, 15) is 37.1 Å². The first kappa shape index (κ1) is 32.6. The molecule has 0 saturated heterocycles. The van der Waals surface area contributed by atoms with E-state index < -0.39 is 35.7 Å². The molecule has 1 saturated carbocycles. The molecule has 0 radical (unpaired) electrons. The van der Waals surface area contributed by atoms with Crippen LogP contribution in [0.4, 0.5) is 28.2 Å². The highest BCUT2D eigenvalue weighted by atomic mass is 19.4. The number of carbonyl (C=O) groups excluding carboxylic acids is 3. The molecule has 1 fully saturated rings. The summed E-state index contributed by atoms with van der Waals surface area (Å²) in [4.78, 5) is 45.0. The lowest BCUT2D eigenvalue weighted by molar-refractivity contribution is -0.192. The van der Waals surface area contributed by atoms with Crippen LogP contribution in [0.15, 0.2) is 24.3 Å². The molecule has 0 aliphatic heterocycles. The molecule has 5 N–H and O–H groups in total. The number of phenols is 1. The summed E-state index contributed by atoms with van der Waals surface area (Å²) in [6.07, 6.45) is -3.13. The van der Waals surface area contributed by atoms with Crippen molar-refractivity contribution < 1.29 is 51.7 Å². The topological polar surface area (TPSA) is 189 Å². The second-order valence-corrected chi connectivity index (χ2v) is 9.84. The Morgan fingerprint density at radius 2 is 1.86 bits per heavy atom. The van der Waals surface area contributed by atoms with E-state index in [1.165, 1.54) is 17.8 Å². The number of hydrogen-bond donors (Lipinski definition) is 5. The number of phenolic OH excluding ortho intramolecular Hbond substituents is 1. The third kappa shape index (κ3) is 8.52. The molecule has 3 aromatic rings. The van der Waals surface area contributed by atoms with E-state index in [1.807, 2.05) is 13.8 Å². The van der Waals surface area contributed by atoms with E-state index in [1.54, 1.807) is 6.07 Å². The number of carbonyl (C=O) groups is 4. The number of amides is 2. The van der Waals surface area contributed by atoms with Crippen molar-refractivity contribution in [2.45, 2.75) is 57.3 Å². The van der Waals surface area contributed by atoms with Crippen molar-refractivity contribution in [1.29, 1.82) is 0 Å². The van der Waals surface area contributed by atoms with Gasteiger partial charge in [-0.25, -0.2) is 14.0 Å². The van der Waals surface area contributed by atoms with Crippen molar-refractivity contribution in [2.75, 3.05) is 5.32 Å². The van der Waals surface area contributed by atoms with Gasteiger partial charge in [-0.05, 0) is 45.2 Å². The highest BCUT2D eigenvalue weighted by molar-refractivity contribution is 6.03. The number of aromatic hydroxyl groups is 1. The van der Waals surface area contributed by atoms with E-state index in [0.717, 1.165) is 30.7 Å². The lowest BCUT2D eigenvalue weighted by atomic mass is 10.0. The number of rotatable bonds is 7. The second-order valence-electron chi connectivity index (χ2n) is 9.84. The maximum absolute atomic E-state index is 13.8. The summed E-state index contributed by atoms with van der Waals surface area (Å²) in [5, 5.41) is 33.7. The Labute approximate surface area is 241 Å². The third-order valence-electron chi connectivity index (χ3n) is 6.22. The lowest BCUT2D eigenvalue weighted by Crippen LogP contribution is -2.33. The van der Waals surface area contributed by atoms with Crippen LogP contribution in [0.3, 0.4) is 0 Å². The van der Waals surface area contributed by atoms with Crippen LogP contribution in [0.25, 0.3) is 11.3 Å². The molecule has 2 amide bonds. The zero-order valence-corrected chi connectivity index (χ0v) is 23.0. The third-order valence-corrected chi connectivity index (χ3v) is 6.22. The Bertz CT molecular complexity index is 1500. The van der Waals surface area contributed by atoms with Crippen molar-refractivity contribution in [3.05, 3.63) is 47.0 Å². The molecule has 2 heterocycles. The fraction of sp³-hybridized carbons (Fsp3) is 0.385. The monoisotopic (exact) mass is 612 g/mol. The molecule has 2 aromatic heterocycles. The van der Waals surface area contributed by atoms with Crippen LogP contribution in [0.5, 0.6) is 5.75 Å². The quantitative estimate of drug-likeness (QED) is 0.193. The van der Waals surface area contributed by atoms with Crippen molar-refractivity contribution in [3.63, 3.8) is 0 Å². The molecule has 0 bridgehead atoms. The second kappa shape index (κ2) is 13.3. The smallest absolute Gasteiger partial charge is 0.490 e. The number of anilines is 1. The van der Waals surface area contributed by atoms with Gasteiger partial charge in [-0.1, -0.05) is 0 Å². The molecule has 232 valence electrons. The molecular weight excluding hydrogens is 584 g/mol. The van der Waals surface area contributed by atoms with Crippen LogP contribution in [-0.4, -0.2) is 72.8 Å². The SMILES string of the molecule is CC(C)NC(=O)OC1CCC(c2cc(NC(=O)c3cc(-c4cc(F)cc(O)c4C=O)nn3C)n[nH]2)C1.O=C(O)C(F)(F)F. The van der Waals surface area contributed by atoms with E-state index >= 15 is 0 Å². The summed E-state index contributed by atoms with van der Waals surface area (Å²) < 4.78 is 52.3. The van der Waals surface area contributed by atoms with Crippen molar-refractivity contribution in [3.8, 4) is 17.0 Å². The minimum Gasteiger partial charge on any atom is -0.507 e. The van der Waals surface area contributed by atoms with Gasteiger partial charge >= 0.3 is 18.2 Å². The molecule has 2 unspecified atom stereocenters. The van der Waals surface area contributed by atoms with Crippen LogP contribution in [0.2, 0.25) is 0 Å². The average molecular weight is 613 g/mol. The summed E-state index contributed by atoms with van der Waals surface area (Å²) in [7, 11) is 1.53. The number of aryl methyl sites for hydroxylation is 1. The number of alkyl halides is 3. The number of carboxylic acid groups (broad SMARTS) is 1. The van der Waals surface area contributed by atoms with Crippen LogP contribution in [0.1, 0.15) is 65.6 Å². The minimum atomic E-state index is -5.08. The molecule has 1 aromatic carbocycles. The Morgan fingerprint density at radius 3 is 2.47 bits per heavy atom. The van der Waals surface area contributed by atoms with Gasteiger partial charge in [-0.3, -0.25) is 19.4 Å². The number of hydrogen-bond acceptors (Lipinski definition) is 8. The average Bonchev–Trinajstić information content (AvgIpc) is 3.63. The van der Waals surface area contributed by atoms with Crippen LogP contribution in [-0.2, 0) is 16.6 Å². The maximum atomic E-state index is 13.8. The summed E-state index contributed by atoms with van der Waals surface area (Å²) in [5.41, 5.74) is 1.05. The number of nitrogens with zero attached hydrogens (tertiary/aromatic N) is 3. The summed E-state index contributed by atoms with van der Waals surface area (Å²) in [6, 6.07) is 5.02. The standard InChI is InChI=1S/C24H27FN6O5.C2HF3O2/c1-12(2)26-24(35)36-15-5-4-13(6-15)18-10-22(29-28-18)27-23(34)20-9-19(30-31(20)3)16-7-14(25)8-21(33)17(16)11-32;3-2(4,5)1(6)7/h7-13,15,33H,4-6H2,1-3H3,(H,26,35)(H2,27,28,29,34);(H,6,7). The van der Waals surface area contributed by atoms with Gasteiger partial charge in [0.2, 0.25) is 0 Å². The maximum Gasteiger partial charge on any atom is 0.490 e. The predicted molar refractivity (Wildman–Crippen MR) is 141 cm³/mol. The zero-order valence-electron chi connectivity index (χ0n) is 23.0. The van der Waals surface area contributed by atoms with Crippen molar-refractivity contribution in [2.24, 2.45) is 7.05 Å². The molecule has 17 heteroatoms. The number of aliphatic carboxylic acids is 1. The van der Waals surface area contributed by atoms with Crippen molar-refractivity contribution in [1.82, 2.24) is 25.3 Å². The Kier molecular flexibility index (Phi) is 10.1. The first-order chi connectivity index (χ1) is 20.1. The number of aldehydes is 1. The molecule has 1 aliphatic carbocycles. The Morgan fingerprint density at radius 1 is 1.19 bits per heavy atom.